The van der Waals surface area contributed by atoms with Gasteiger partial charge in [-0.3, -0.25) is 0 Å². The number of ether oxygens (including phenoxy) is 3. The lowest BCUT2D eigenvalue weighted by Crippen LogP contribution is -2.45. The Morgan fingerprint density at radius 2 is 1.79 bits per heavy atom. The fourth-order valence-corrected chi connectivity index (χ4v) is 6.06. The highest BCUT2D eigenvalue weighted by Crippen LogP contribution is 2.59. The van der Waals surface area contributed by atoms with Crippen LogP contribution in [0.25, 0.3) is 0 Å². The number of carbonyl (C=O) groups is 1. The Labute approximate surface area is 168 Å². The van der Waals surface area contributed by atoms with Crippen LogP contribution in [0.15, 0.2) is 30.3 Å². The summed E-state index contributed by atoms with van der Waals surface area (Å²) in [6.45, 7) is 8.88. The molecule has 0 unspecified atom stereocenters. The maximum Gasteiger partial charge on any atom is 0.338 e. The smallest absolute Gasteiger partial charge is 0.338 e. The normalized spacial score (nSPS) is 39.5. The molecule has 154 valence electrons. The zero-order valence-electron chi connectivity index (χ0n) is 17.6. The number of esters is 1. The Morgan fingerprint density at radius 3 is 2.46 bits per heavy atom. The molecule has 2 saturated carbocycles. The van der Waals surface area contributed by atoms with E-state index in [2.05, 4.69) is 27.7 Å². The van der Waals surface area contributed by atoms with Gasteiger partial charge in [-0.2, -0.15) is 0 Å². The van der Waals surface area contributed by atoms with E-state index in [1.54, 1.807) is 0 Å². The third-order valence-electron chi connectivity index (χ3n) is 7.83. The van der Waals surface area contributed by atoms with Crippen molar-refractivity contribution in [3.8, 4) is 0 Å². The molecule has 3 fully saturated rings. The van der Waals surface area contributed by atoms with E-state index in [9.17, 15) is 4.79 Å². The predicted molar refractivity (Wildman–Crippen MR) is 108 cm³/mol. The van der Waals surface area contributed by atoms with E-state index in [0.29, 0.717) is 23.3 Å². The quantitative estimate of drug-likeness (QED) is 0.666. The highest BCUT2D eigenvalue weighted by atomic mass is 16.7. The summed E-state index contributed by atoms with van der Waals surface area (Å²) in [7, 11) is 0. The Morgan fingerprint density at radius 1 is 1.11 bits per heavy atom. The van der Waals surface area contributed by atoms with E-state index in [-0.39, 0.29) is 36.0 Å². The zero-order chi connectivity index (χ0) is 19.9. The molecule has 7 atom stereocenters. The van der Waals surface area contributed by atoms with E-state index in [0.717, 1.165) is 25.7 Å². The summed E-state index contributed by atoms with van der Waals surface area (Å²) in [5.74, 6) is 1.14. The van der Waals surface area contributed by atoms with E-state index in [4.69, 9.17) is 14.2 Å². The van der Waals surface area contributed by atoms with E-state index >= 15 is 0 Å². The van der Waals surface area contributed by atoms with Gasteiger partial charge < -0.3 is 14.2 Å². The van der Waals surface area contributed by atoms with Gasteiger partial charge in [-0.05, 0) is 69.4 Å². The molecule has 1 aromatic rings. The number of rotatable bonds is 4. The summed E-state index contributed by atoms with van der Waals surface area (Å²) in [6, 6.07) is 9.37. The fourth-order valence-electron chi connectivity index (χ4n) is 6.06. The van der Waals surface area contributed by atoms with Crippen LogP contribution in [-0.2, 0) is 14.2 Å². The summed E-state index contributed by atoms with van der Waals surface area (Å²) >= 11 is 0. The molecular weight excluding hydrogens is 352 g/mol. The number of fused-ring (bicyclic) bond motifs is 1. The van der Waals surface area contributed by atoms with Crippen molar-refractivity contribution in [2.45, 2.75) is 84.4 Å². The van der Waals surface area contributed by atoms with Gasteiger partial charge in [0.05, 0.1) is 17.8 Å². The SMILES string of the molecule is C[C@H](C1O[C@H](C)[C@@H](C)O1)[C@H]1CC[C@H]2[C@@H](OC(=O)c3ccccc3)CCC[C@]12C. The highest BCUT2D eigenvalue weighted by molar-refractivity contribution is 5.89. The third kappa shape index (κ3) is 3.50. The van der Waals surface area contributed by atoms with Crippen LogP contribution in [0.1, 0.15) is 70.2 Å². The second-order valence-corrected chi connectivity index (χ2v) is 9.41. The lowest BCUT2D eigenvalue weighted by Gasteiger charge is -2.46. The molecule has 4 rings (SSSR count). The molecule has 0 spiro atoms. The van der Waals surface area contributed by atoms with E-state index in [1.165, 1.54) is 6.42 Å². The molecule has 28 heavy (non-hydrogen) atoms. The van der Waals surface area contributed by atoms with Gasteiger partial charge in [0.25, 0.3) is 0 Å². The summed E-state index contributed by atoms with van der Waals surface area (Å²) in [5.41, 5.74) is 0.828. The van der Waals surface area contributed by atoms with Gasteiger partial charge >= 0.3 is 5.97 Å². The largest absolute Gasteiger partial charge is 0.458 e. The molecule has 4 nitrogen and oxygen atoms in total. The molecule has 0 N–H and O–H groups in total. The van der Waals surface area contributed by atoms with Gasteiger partial charge in [0.2, 0.25) is 0 Å². The van der Waals surface area contributed by atoms with Crippen molar-refractivity contribution in [2.75, 3.05) is 0 Å². The van der Waals surface area contributed by atoms with Gasteiger partial charge in [-0.25, -0.2) is 4.79 Å². The average Bonchev–Trinajstić information content (AvgIpc) is 3.21. The standard InChI is InChI=1S/C24H34O4/c1-15(23-26-16(2)17(3)27-23)19-12-13-20-21(11-8-14-24(19,20)4)28-22(25)18-9-6-5-7-10-18/h5-7,9-10,15-17,19-21,23H,8,11-14H2,1-4H3/t15-,16+,17+,19+,20-,21-,24+/m0/s1. The summed E-state index contributed by atoms with van der Waals surface area (Å²) < 4.78 is 18.3. The van der Waals surface area contributed by atoms with Crippen LogP contribution >= 0.6 is 0 Å². The number of hydrogen-bond donors (Lipinski definition) is 0. The molecule has 0 aromatic heterocycles. The Hall–Kier alpha value is -1.39. The monoisotopic (exact) mass is 386 g/mol. The molecule has 1 saturated heterocycles. The maximum absolute atomic E-state index is 12.6. The van der Waals surface area contributed by atoms with E-state index in [1.807, 2.05) is 30.3 Å². The molecule has 0 amide bonds. The van der Waals surface area contributed by atoms with Crippen LogP contribution in [-0.4, -0.2) is 30.6 Å². The second kappa shape index (κ2) is 7.79. The minimum Gasteiger partial charge on any atom is -0.458 e. The molecular formula is C24H34O4. The molecule has 0 radical (unpaired) electrons. The summed E-state index contributed by atoms with van der Waals surface area (Å²) in [5, 5.41) is 0. The van der Waals surface area contributed by atoms with Crippen molar-refractivity contribution in [3.63, 3.8) is 0 Å². The molecule has 0 bridgehead atoms. The minimum absolute atomic E-state index is 0.0203. The van der Waals surface area contributed by atoms with Crippen molar-refractivity contribution >= 4 is 5.97 Å². The molecule has 1 heterocycles. The third-order valence-corrected chi connectivity index (χ3v) is 7.83. The Balaban J connectivity index is 1.46. The van der Waals surface area contributed by atoms with Crippen molar-refractivity contribution < 1.29 is 19.0 Å². The fraction of sp³-hybridized carbons (Fsp3) is 0.708. The van der Waals surface area contributed by atoms with E-state index < -0.39 is 0 Å². The van der Waals surface area contributed by atoms with Crippen LogP contribution in [0.5, 0.6) is 0 Å². The van der Waals surface area contributed by atoms with Crippen LogP contribution < -0.4 is 0 Å². The number of carbonyl (C=O) groups excluding carboxylic acids is 1. The van der Waals surface area contributed by atoms with Crippen molar-refractivity contribution in [3.05, 3.63) is 35.9 Å². The lowest BCUT2D eigenvalue weighted by atomic mass is 9.61. The first-order valence-electron chi connectivity index (χ1n) is 11.0. The summed E-state index contributed by atoms with van der Waals surface area (Å²) in [4.78, 5) is 12.6. The van der Waals surface area contributed by atoms with Gasteiger partial charge in [0, 0.05) is 11.8 Å². The first kappa shape index (κ1) is 19.9. The Kier molecular flexibility index (Phi) is 5.54. The second-order valence-electron chi connectivity index (χ2n) is 9.41. The van der Waals surface area contributed by atoms with Gasteiger partial charge in [-0.1, -0.05) is 32.0 Å². The van der Waals surface area contributed by atoms with Crippen molar-refractivity contribution in [2.24, 2.45) is 23.2 Å². The van der Waals surface area contributed by atoms with Gasteiger partial charge in [-0.15, -0.1) is 0 Å². The molecule has 4 heteroatoms. The minimum atomic E-state index is -0.184. The van der Waals surface area contributed by atoms with Crippen LogP contribution in [0.3, 0.4) is 0 Å². The molecule has 3 aliphatic rings. The van der Waals surface area contributed by atoms with Crippen LogP contribution in [0, 0.1) is 23.2 Å². The topological polar surface area (TPSA) is 44.8 Å². The molecule has 2 aliphatic carbocycles. The van der Waals surface area contributed by atoms with Gasteiger partial charge in [0.15, 0.2) is 6.29 Å². The van der Waals surface area contributed by atoms with Gasteiger partial charge in [0.1, 0.15) is 6.10 Å². The van der Waals surface area contributed by atoms with Crippen molar-refractivity contribution in [1.29, 1.82) is 0 Å². The maximum atomic E-state index is 12.6. The van der Waals surface area contributed by atoms with Crippen LogP contribution in [0.2, 0.25) is 0 Å². The average molecular weight is 387 g/mol. The number of benzene rings is 1. The van der Waals surface area contributed by atoms with Crippen molar-refractivity contribution in [1.82, 2.24) is 0 Å². The highest BCUT2D eigenvalue weighted by Gasteiger charge is 2.55. The first-order valence-corrected chi connectivity index (χ1v) is 11.0. The zero-order valence-corrected chi connectivity index (χ0v) is 17.6. The molecule has 1 aromatic carbocycles. The Bertz CT molecular complexity index is 679. The predicted octanol–water partition coefficient (Wildman–Crippen LogP) is 5.21. The lowest BCUT2D eigenvalue weighted by molar-refractivity contribution is -0.132. The summed E-state index contributed by atoms with van der Waals surface area (Å²) in [6.07, 6.45) is 5.79. The first-order chi connectivity index (χ1) is 13.4. The van der Waals surface area contributed by atoms with Crippen LogP contribution in [0.4, 0.5) is 0 Å². The molecule has 1 aliphatic heterocycles. The number of hydrogen-bond acceptors (Lipinski definition) is 4.